The van der Waals surface area contributed by atoms with E-state index in [9.17, 15) is 0 Å². The minimum absolute atomic E-state index is 0.760. The molecule has 2 aliphatic rings. The number of piperazine rings is 1. The number of hydrogen-bond acceptors (Lipinski definition) is 2. The summed E-state index contributed by atoms with van der Waals surface area (Å²) < 4.78 is 0. The van der Waals surface area contributed by atoms with Gasteiger partial charge in [-0.25, -0.2) is 0 Å². The lowest BCUT2D eigenvalue weighted by atomic mass is 9.80. The van der Waals surface area contributed by atoms with E-state index in [-0.39, 0.29) is 0 Å². The van der Waals surface area contributed by atoms with Gasteiger partial charge in [-0.1, -0.05) is 6.92 Å². The third-order valence-corrected chi connectivity index (χ3v) is 3.37. The van der Waals surface area contributed by atoms with Crippen LogP contribution in [0.25, 0.3) is 0 Å². The van der Waals surface area contributed by atoms with Gasteiger partial charge in [0.05, 0.1) is 0 Å². The Kier molecular flexibility index (Phi) is 2.37. The fourth-order valence-corrected chi connectivity index (χ4v) is 2.53. The number of rotatable bonds is 1. The monoisotopic (exact) mass is 168 g/mol. The minimum Gasteiger partial charge on any atom is -0.314 e. The van der Waals surface area contributed by atoms with Gasteiger partial charge in [0.1, 0.15) is 0 Å². The summed E-state index contributed by atoms with van der Waals surface area (Å²) in [5.74, 6) is 0.983. The van der Waals surface area contributed by atoms with E-state index in [0.29, 0.717) is 0 Å². The van der Waals surface area contributed by atoms with Crippen LogP contribution in [0.2, 0.25) is 0 Å². The van der Waals surface area contributed by atoms with Gasteiger partial charge >= 0.3 is 0 Å². The van der Waals surface area contributed by atoms with E-state index in [1.54, 1.807) is 0 Å². The van der Waals surface area contributed by atoms with Crippen LogP contribution in [0.15, 0.2) is 0 Å². The molecule has 2 heteroatoms. The van der Waals surface area contributed by atoms with Crippen LogP contribution < -0.4 is 5.32 Å². The molecule has 0 unspecified atom stereocenters. The van der Waals surface area contributed by atoms with Crippen LogP contribution in [-0.4, -0.2) is 36.6 Å². The zero-order chi connectivity index (χ0) is 8.55. The lowest BCUT2D eigenvalue weighted by Gasteiger charge is -2.46. The van der Waals surface area contributed by atoms with E-state index >= 15 is 0 Å². The van der Waals surface area contributed by atoms with Crippen molar-refractivity contribution in [3.63, 3.8) is 0 Å². The molecule has 1 atom stereocenters. The first-order valence-corrected chi connectivity index (χ1v) is 5.24. The molecule has 0 radical (unpaired) electrons. The van der Waals surface area contributed by atoms with Crippen molar-refractivity contribution in [3.05, 3.63) is 0 Å². The molecule has 70 valence electrons. The topological polar surface area (TPSA) is 15.3 Å². The first-order valence-electron chi connectivity index (χ1n) is 5.24. The van der Waals surface area contributed by atoms with Crippen molar-refractivity contribution in [3.8, 4) is 0 Å². The third-order valence-electron chi connectivity index (χ3n) is 3.37. The van der Waals surface area contributed by atoms with Gasteiger partial charge in [0.15, 0.2) is 0 Å². The highest BCUT2D eigenvalue weighted by Crippen LogP contribution is 2.32. The molecule has 1 aliphatic heterocycles. The summed E-state index contributed by atoms with van der Waals surface area (Å²) in [6.45, 7) is 8.34. The molecule has 1 N–H and O–H groups in total. The Morgan fingerprint density at radius 1 is 1.25 bits per heavy atom. The first-order chi connectivity index (χ1) is 5.77. The maximum Gasteiger partial charge on any atom is 0.0195 e. The van der Waals surface area contributed by atoms with Crippen LogP contribution in [0, 0.1) is 5.92 Å². The fraction of sp³-hybridized carbons (Fsp3) is 1.00. The lowest BCUT2D eigenvalue weighted by molar-refractivity contribution is 0.0400. The normalized spacial score (nSPS) is 44.0. The second-order valence-electron chi connectivity index (χ2n) is 4.52. The molecule has 0 spiro atoms. The Morgan fingerprint density at radius 3 is 2.58 bits per heavy atom. The van der Waals surface area contributed by atoms with Crippen molar-refractivity contribution in [2.75, 3.05) is 19.6 Å². The molecule has 2 rings (SSSR count). The smallest absolute Gasteiger partial charge is 0.0195 e. The number of nitrogens with zero attached hydrogens (tertiary/aromatic N) is 1. The summed E-state index contributed by atoms with van der Waals surface area (Å²) in [5.41, 5.74) is 0. The summed E-state index contributed by atoms with van der Waals surface area (Å²) in [6, 6.07) is 1.67. The summed E-state index contributed by atoms with van der Waals surface area (Å²) in [6.07, 6.45) is 2.87. The Hall–Kier alpha value is -0.0800. The van der Waals surface area contributed by atoms with Crippen molar-refractivity contribution in [2.24, 2.45) is 5.92 Å². The van der Waals surface area contributed by atoms with Crippen LogP contribution >= 0.6 is 0 Å². The fourth-order valence-electron chi connectivity index (χ4n) is 2.53. The van der Waals surface area contributed by atoms with Crippen molar-refractivity contribution >= 4 is 0 Å². The lowest BCUT2D eigenvalue weighted by Crippen LogP contribution is -2.57. The SMILES string of the molecule is CC1CC(N2CCNC[C@@H]2C)C1. The van der Waals surface area contributed by atoms with Crippen LogP contribution in [-0.2, 0) is 0 Å². The van der Waals surface area contributed by atoms with Gasteiger partial charge in [-0.2, -0.15) is 0 Å². The molecule has 1 saturated carbocycles. The Balaban J connectivity index is 1.85. The van der Waals surface area contributed by atoms with E-state index in [0.717, 1.165) is 18.0 Å². The molecule has 1 saturated heterocycles. The highest BCUT2D eigenvalue weighted by Gasteiger charge is 2.33. The van der Waals surface area contributed by atoms with E-state index in [4.69, 9.17) is 0 Å². The molecule has 0 aromatic rings. The van der Waals surface area contributed by atoms with Crippen molar-refractivity contribution in [1.29, 1.82) is 0 Å². The highest BCUT2D eigenvalue weighted by molar-refractivity contribution is 4.89. The van der Waals surface area contributed by atoms with E-state index in [1.807, 2.05) is 0 Å². The van der Waals surface area contributed by atoms with Gasteiger partial charge in [-0.3, -0.25) is 4.90 Å². The zero-order valence-corrected chi connectivity index (χ0v) is 8.21. The van der Waals surface area contributed by atoms with Crippen LogP contribution in [0.5, 0.6) is 0 Å². The average Bonchev–Trinajstić information content (AvgIpc) is 2.01. The molecule has 12 heavy (non-hydrogen) atoms. The van der Waals surface area contributed by atoms with Gasteiger partial charge in [0, 0.05) is 31.7 Å². The maximum absolute atomic E-state index is 3.44. The van der Waals surface area contributed by atoms with Crippen molar-refractivity contribution in [2.45, 2.75) is 38.8 Å². The third kappa shape index (κ3) is 1.50. The summed E-state index contributed by atoms with van der Waals surface area (Å²) in [5, 5.41) is 3.44. The van der Waals surface area contributed by atoms with Crippen molar-refractivity contribution < 1.29 is 0 Å². The predicted octanol–water partition coefficient (Wildman–Crippen LogP) is 1.08. The van der Waals surface area contributed by atoms with Crippen LogP contribution in [0.3, 0.4) is 0 Å². The van der Waals surface area contributed by atoms with E-state index in [2.05, 4.69) is 24.1 Å². The maximum atomic E-state index is 3.44. The van der Waals surface area contributed by atoms with E-state index in [1.165, 1.54) is 32.5 Å². The van der Waals surface area contributed by atoms with Gasteiger partial charge < -0.3 is 5.32 Å². The summed E-state index contributed by atoms with van der Waals surface area (Å²) >= 11 is 0. The largest absolute Gasteiger partial charge is 0.314 e. The Morgan fingerprint density at radius 2 is 2.00 bits per heavy atom. The Bertz CT molecular complexity index is 152. The van der Waals surface area contributed by atoms with Crippen LogP contribution in [0.1, 0.15) is 26.7 Å². The van der Waals surface area contributed by atoms with Gasteiger partial charge in [-0.15, -0.1) is 0 Å². The minimum atomic E-state index is 0.760. The van der Waals surface area contributed by atoms with Gasteiger partial charge in [-0.05, 0) is 25.7 Å². The van der Waals surface area contributed by atoms with Gasteiger partial charge in [0.25, 0.3) is 0 Å². The van der Waals surface area contributed by atoms with Crippen molar-refractivity contribution in [1.82, 2.24) is 10.2 Å². The Labute approximate surface area is 75.3 Å². The summed E-state index contributed by atoms with van der Waals surface area (Å²) in [7, 11) is 0. The summed E-state index contributed by atoms with van der Waals surface area (Å²) in [4.78, 5) is 2.69. The molecular weight excluding hydrogens is 148 g/mol. The second kappa shape index (κ2) is 3.35. The molecule has 2 fully saturated rings. The quantitative estimate of drug-likeness (QED) is 0.630. The molecule has 0 aromatic heterocycles. The molecule has 0 aromatic carbocycles. The van der Waals surface area contributed by atoms with E-state index < -0.39 is 0 Å². The number of nitrogens with one attached hydrogen (secondary N) is 1. The molecule has 2 nitrogen and oxygen atoms in total. The average molecular weight is 168 g/mol. The molecule has 0 amide bonds. The van der Waals surface area contributed by atoms with Crippen LogP contribution in [0.4, 0.5) is 0 Å². The molecule has 1 aliphatic carbocycles. The molecule has 0 bridgehead atoms. The first kappa shape index (κ1) is 8.52. The standard InChI is InChI=1S/C10H20N2/c1-8-5-10(6-8)12-4-3-11-7-9(12)2/h8-11H,3-7H2,1-2H3/t8?,9-,10?/m0/s1. The predicted molar refractivity (Wildman–Crippen MR) is 51.2 cm³/mol. The van der Waals surface area contributed by atoms with Gasteiger partial charge in [0.2, 0.25) is 0 Å². The second-order valence-corrected chi connectivity index (χ2v) is 4.52. The number of hydrogen-bond donors (Lipinski definition) is 1. The zero-order valence-electron chi connectivity index (χ0n) is 8.21. The highest BCUT2D eigenvalue weighted by atomic mass is 15.2. The molecular formula is C10H20N2. The molecule has 1 heterocycles.